The number of aromatic nitrogens is 2. The lowest BCUT2D eigenvalue weighted by Crippen LogP contribution is -2.32. The molecule has 1 aliphatic carbocycles. The number of nitrogens with zero attached hydrogens (tertiary/aromatic N) is 2. The predicted molar refractivity (Wildman–Crippen MR) is 99.0 cm³/mol. The molecule has 0 saturated carbocycles. The Balaban J connectivity index is 1.70. The number of rotatable bonds is 4. The number of furan rings is 1. The zero-order valence-electron chi connectivity index (χ0n) is 15.5. The van der Waals surface area contributed by atoms with Crippen LogP contribution in [0.2, 0.25) is 0 Å². The molecule has 0 spiro atoms. The third kappa shape index (κ3) is 3.27. The van der Waals surface area contributed by atoms with E-state index in [4.69, 9.17) is 4.42 Å². The highest BCUT2D eigenvalue weighted by Gasteiger charge is 2.28. The highest BCUT2D eigenvalue weighted by Crippen LogP contribution is 2.30. The average molecular weight is 367 g/mol. The van der Waals surface area contributed by atoms with Crippen LogP contribution in [0.15, 0.2) is 41.1 Å². The third-order valence-electron chi connectivity index (χ3n) is 5.17. The fourth-order valence-electron chi connectivity index (χ4n) is 3.81. The van der Waals surface area contributed by atoms with Crippen LogP contribution in [0.3, 0.4) is 0 Å². The molecular weight excluding hydrogens is 345 g/mol. The van der Waals surface area contributed by atoms with Crippen molar-refractivity contribution in [3.63, 3.8) is 0 Å². The highest BCUT2D eigenvalue weighted by molar-refractivity contribution is 5.97. The lowest BCUT2D eigenvalue weighted by Gasteiger charge is -2.20. The summed E-state index contributed by atoms with van der Waals surface area (Å²) in [6.45, 7) is 1.83. The van der Waals surface area contributed by atoms with Crippen molar-refractivity contribution in [3.05, 3.63) is 76.5 Å². The lowest BCUT2D eigenvalue weighted by molar-refractivity contribution is 0.0938. The Hall–Kier alpha value is -2.89. The van der Waals surface area contributed by atoms with E-state index in [0.717, 1.165) is 42.6 Å². The number of amides is 1. The summed E-state index contributed by atoms with van der Waals surface area (Å²) >= 11 is 0. The van der Waals surface area contributed by atoms with Gasteiger partial charge in [-0.05, 0) is 43.9 Å². The molecule has 1 amide bonds. The molecule has 4 rings (SSSR count). The number of carbonyl (C=O) groups is 1. The van der Waals surface area contributed by atoms with Crippen LogP contribution in [0.25, 0.3) is 0 Å². The Labute approximate surface area is 157 Å². The van der Waals surface area contributed by atoms with Gasteiger partial charge in [0.1, 0.15) is 29.2 Å². The van der Waals surface area contributed by atoms with Gasteiger partial charge in [0.15, 0.2) is 0 Å². The van der Waals surface area contributed by atoms with E-state index < -0.39 is 6.04 Å². The van der Waals surface area contributed by atoms with Crippen LogP contribution in [-0.2, 0) is 19.9 Å². The fourth-order valence-corrected chi connectivity index (χ4v) is 3.81. The molecule has 0 aliphatic heterocycles. The van der Waals surface area contributed by atoms with Crippen molar-refractivity contribution in [3.8, 4) is 0 Å². The molecule has 27 heavy (non-hydrogen) atoms. The van der Waals surface area contributed by atoms with E-state index in [9.17, 15) is 9.18 Å². The molecule has 1 aromatic carbocycles. The van der Waals surface area contributed by atoms with Gasteiger partial charge in [0, 0.05) is 31.4 Å². The fraction of sp³-hybridized carbons (Fsp3) is 0.333. The number of halogens is 1. The molecule has 0 radical (unpaired) electrons. The van der Waals surface area contributed by atoms with Gasteiger partial charge in [-0.2, -0.15) is 0 Å². The maximum absolute atomic E-state index is 13.4. The van der Waals surface area contributed by atoms with Gasteiger partial charge in [0.25, 0.3) is 5.91 Å². The molecule has 140 valence electrons. The van der Waals surface area contributed by atoms with Crippen LogP contribution >= 0.6 is 0 Å². The normalized spacial score (nSPS) is 14.6. The van der Waals surface area contributed by atoms with Crippen LogP contribution < -0.4 is 5.32 Å². The first kappa shape index (κ1) is 17.5. The summed E-state index contributed by atoms with van der Waals surface area (Å²) in [4.78, 5) is 17.6. The summed E-state index contributed by atoms with van der Waals surface area (Å²) in [6.07, 6.45) is 7.40. The Morgan fingerprint density at radius 1 is 1.26 bits per heavy atom. The first-order chi connectivity index (χ1) is 13.0. The Morgan fingerprint density at radius 3 is 2.70 bits per heavy atom. The monoisotopic (exact) mass is 367 g/mol. The Morgan fingerprint density at radius 2 is 2.00 bits per heavy atom. The minimum atomic E-state index is -0.480. The molecule has 0 saturated heterocycles. The molecule has 0 bridgehead atoms. The van der Waals surface area contributed by atoms with Crippen LogP contribution in [0.4, 0.5) is 4.39 Å². The summed E-state index contributed by atoms with van der Waals surface area (Å²) in [5.41, 5.74) is 2.43. The van der Waals surface area contributed by atoms with Gasteiger partial charge in [0.05, 0.1) is 5.56 Å². The maximum Gasteiger partial charge on any atom is 0.255 e. The molecular formula is C21H22FN3O2. The van der Waals surface area contributed by atoms with E-state index in [-0.39, 0.29) is 11.7 Å². The van der Waals surface area contributed by atoms with Crippen molar-refractivity contribution in [2.24, 2.45) is 7.05 Å². The molecule has 0 fully saturated rings. The van der Waals surface area contributed by atoms with E-state index >= 15 is 0 Å². The highest BCUT2D eigenvalue weighted by atomic mass is 19.1. The van der Waals surface area contributed by atoms with Crippen molar-refractivity contribution in [2.45, 2.75) is 38.6 Å². The van der Waals surface area contributed by atoms with Crippen molar-refractivity contribution < 1.29 is 13.6 Å². The molecule has 1 atom stereocenters. The first-order valence-electron chi connectivity index (χ1n) is 9.19. The molecule has 2 aromatic heterocycles. The zero-order chi connectivity index (χ0) is 19.0. The summed E-state index contributed by atoms with van der Waals surface area (Å²) in [7, 11) is 1.87. The smallest absolute Gasteiger partial charge is 0.255 e. The summed E-state index contributed by atoms with van der Waals surface area (Å²) in [5.74, 6) is 1.77. The molecule has 1 aliphatic rings. The Bertz CT molecular complexity index is 972. The number of aryl methyl sites for hydroxylation is 3. The van der Waals surface area contributed by atoms with Crippen LogP contribution in [0, 0.1) is 12.7 Å². The van der Waals surface area contributed by atoms with Crippen molar-refractivity contribution in [1.29, 1.82) is 0 Å². The molecule has 3 aromatic rings. The van der Waals surface area contributed by atoms with E-state index in [2.05, 4.69) is 10.3 Å². The van der Waals surface area contributed by atoms with Gasteiger partial charge in [-0.25, -0.2) is 9.37 Å². The number of benzene rings is 1. The van der Waals surface area contributed by atoms with Crippen molar-refractivity contribution in [1.82, 2.24) is 14.9 Å². The number of hydrogen-bond donors (Lipinski definition) is 1. The third-order valence-corrected chi connectivity index (χ3v) is 5.17. The predicted octanol–water partition coefficient (Wildman–Crippen LogP) is 3.86. The van der Waals surface area contributed by atoms with Gasteiger partial charge < -0.3 is 14.3 Å². The maximum atomic E-state index is 13.4. The summed E-state index contributed by atoms with van der Waals surface area (Å²) < 4.78 is 21.1. The minimum absolute atomic E-state index is 0.184. The topological polar surface area (TPSA) is 60.1 Å². The second kappa shape index (κ2) is 7.02. The average Bonchev–Trinajstić information content (AvgIpc) is 3.22. The molecule has 6 heteroatoms. The largest absolute Gasteiger partial charge is 0.465 e. The molecule has 2 heterocycles. The second-order valence-corrected chi connectivity index (χ2v) is 7.00. The minimum Gasteiger partial charge on any atom is -0.465 e. The van der Waals surface area contributed by atoms with Crippen molar-refractivity contribution in [2.75, 3.05) is 0 Å². The van der Waals surface area contributed by atoms with E-state index in [0.29, 0.717) is 17.1 Å². The van der Waals surface area contributed by atoms with Crippen molar-refractivity contribution >= 4 is 5.91 Å². The van der Waals surface area contributed by atoms with E-state index in [1.54, 1.807) is 18.3 Å². The number of carbonyl (C=O) groups excluding carboxylic acids is 1. The summed E-state index contributed by atoms with van der Waals surface area (Å²) in [6, 6.07) is 5.65. The van der Waals surface area contributed by atoms with Crippen LogP contribution in [-0.4, -0.2) is 15.5 Å². The number of fused-ring (bicyclic) bond motifs is 1. The van der Waals surface area contributed by atoms with Gasteiger partial charge >= 0.3 is 0 Å². The standard InChI is InChI=1S/C21H22FN3O2/c1-13-18(16-5-3-4-6-17(16)27-13)21(26)24-19(20-23-11-12-25(20)2)14-7-9-15(22)10-8-14/h7-12,19H,3-6H2,1-2H3,(H,24,26). The second-order valence-electron chi connectivity index (χ2n) is 7.00. The number of nitrogens with one attached hydrogen (secondary N) is 1. The van der Waals surface area contributed by atoms with Gasteiger partial charge in [0.2, 0.25) is 0 Å². The molecule has 5 nitrogen and oxygen atoms in total. The number of hydrogen-bond acceptors (Lipinski definition) is 3. The van der Waals surface area contributed by atoms with Crippen LogP contribution in [0.5, 0.6) is 0 Å². The van der Waals surface area contributed by atoms with Gasteiger partial charge in [-0.3, -0.25) is 4.79 Å². The van der Waals surface area contributed by atoms with E-state index in [1.807, 2.05) is 24.7 Å². The van der Waals surface area contributed by atoms with E-state index in [1.165, 1.54) is 12.1 Å². The quantitative estimate of drug-likeness (QED) is 0.762. The number of imidazole rings is 1. The first-order valence-corrected chi connectivity index (χ1v) is 9.19. The Kier molecular flexibility index (Phi) is 4.56. The molecule has 1 N–H and O–H groups in total. The zero-order valence-corrected chi connectivity index (χ0v) is 15.5. The molecule has 1 unspecified atom stereocenters. The van der Waals surface area contributed by atoms with Gasteiger partial charge in [-0.15, -0.1) is 0 Å². The van der Waals surface area contributed by atoms with Gasteiger partial charge in [-0.1, -0.05) is 12.1 Å². The summed E-state index contributed by atoms with van der Waals surface area (Å²) in [5, 5.41) is 3.08. The lowest BCUT2D eigenvalue weighted by atomic mass is 9.94. The SMILES string of the molecule is Cc1oc2c(c1C(=O)NC(c1ccc(F)cc1)c1nccn1C)CCCC2. The van der Waals surface area contributed by atoms with Crippen LogP contribution in [0.1, 0.15) is 57.7 Å².